The van der Waals surface area contributed by atoms with Gasteiger partial charge in [-0.25, -0.2) is 14.6 Å². The predicted octanol–water partition coefficient (Wildman–Crippen LogP) is 1.18. The van der Waals surface area contributed by atoms with Gasteiger partial charge >= 0.3 is 0 Å². The standard InChI is InChI=1S/C20H28N8O/c1-3-21-20(22-10-9-16-12-27-11-5-4-6-18(27)23-16)24-15-7-8-19-25-17(14-29-2)26-28(19)13-15/h4-6,11-12,15H,3,7-10,13-14H2,1-2H3,(H2,21,22,24). The zero-order valence-corrected chi connectivity index (χ0v) is 17.0. The number of rotatable bonds is 7. The third-order valence-corrected chi connectivity index (χ3v) is 4.91. The Bertz CT molecular complexity index is 943. The van der Waals surface area contributed by atoms with Crippen molar-refractivity contribution in [3.05, 3.63) is 47.9 Å². The van der Waals surface area contributed by atoms with Gasteiger partial charge in [0.2, 0.25) is 0 Å². The Hall–Kier alpha value is -2.94. The summed E-state index contributed by atoms with van der Waals surface area (Å²) in [6, 6.07) is 6.29. The highest BCUT2D eigenvalue weighted by molar-refractivity contribution is 5.80. The average molecular weight is 396 g/mol. The molecule has 154 valence electrons. The summed E-state index contributed by atoms with van der Waals surface area (Å²) < 4.78 is 9.16. The summed E-state index contributed by atoms with van der Waals surface area (Å²) in [7, 11) is 1.66. The minimum atomic E-state index is 0.271. The van der Waals surface area contributed by atoms with Crippen LogP contribution in [0.25, 0.3) is 5.65 Å². The number of aryl methyl sites for hydroxylation is 1. The fraction of sp³-hybridized carbons (Fsp3) is 0.500. The minimum Gasteiger partial charge on any atom is -0.377 e. The van der Waals surface area contributed by atoms with E-state index in [9.17, 15) is 0 Å². The van der Waals surface area contributed by atoms with Crippen molar-refractivity contribution in [3.63, 3.8) is 0 Å². The molecule has 1 atom stereocenters. The van der Waals surface area contributed by atoms with Crippen LogP contribution in [0.1, 0.15) is 30.7 Å². The van der Waals surface area contributed by atoms with Crippen LogP contribution in [0.15, 0.2) is 35.6 Å². The minimum absolute atomic E-state index is 0.271. The van der Waals surface area contributed by atoms with Crippen molar-refractivity contribution in [3.8, 4) is 0 Å². The van der Waals surface area contributed by atoms with Crippen LogP contribution in [-0.4, -0.2) is 56.3 Å². The third kappa shape index (κ3) is 4.73. The van der Waals surface area contributed by atoms with Crippen molar-refractivity contribution in [1.29, 1.82) is 0 Å². The van der Waals surface area contributed by atoms with Crippen LogP contribution in [-0.2, 0) is 30.7 Å². The van der Waals surface area contributed by atoms with E-state index in [4.69, 9.17) is 9.73 Å². The second-order valence-corrected chi connectivity index (χ2v) is 7.15. The van der Waals surface area contributed by atoms with E-state index in [1.54, 1.807) is 7.11 Å². The van der Waals surface area contributed by atoms with Gasteiger partial charge in [-0.15, -0.1) is 0 Å². The van der Waals surface area contributed by atoms with E-state index in [0.29, 0.717) is 13.2 Å². The normalized spacial score (nSPS) is 16.8. The molecule has 0 saturated carbocycles. The van der Waals surface area contributed by atoms with Crippen LogP contribution >= 0.6 is 0 Å². The Labute approximate surface area is 170 Å². The Morgan fingerprint density at radius 2 is 2.28 bits per heavy atom. The highest BCUT2D eigenvalue weighted by Gasteiger charge is 2.22. The van der Waals surface area contributed by atoms with Gasteiger partial charge in [0.1, 0.15) is 18.1 Å². The largest absolute Gasteiger partial charge is 0.377 e. The Kier molecular flexibility index (Phi) is 6.04. The molecule has 1 unspecified atom stereocenters. The molecule has 4 heterocycles. The first-order valence-electron chi connectivity index (χ1n) is 10.1. The Morgan fingerprint density at radius 1 is 1.34 bits per heavy atom. The van der Waals surface area contributed by atoms with Crippen molar-refractivity contribution in [2.24, 2.45) is 4.99 Å². The highest BCUT2D eigenvalue weighted by atomic mass is 16.5. The van der Waals surface area contributed by atoms with Crippen molar-refractivity contribution in [1.82, 2.24) is 34.8 Å². The number of aromatic nitrogens is 5. The molecule has 0 bridgehead atoms. The number of guanidine groups is 1. The van der Waals surface area contributed by atoms with Crippen LogP contribution in [0.2, 0.25) is 0 Å². The molecule has 0 aromatic carbocycles. The van der Waals surface area contributed by atoms with Crippen molar-refractivity contribution < 1.29 is 4.74 Å². The topological polar surface area (TPSA) is 93.7 Å². The van der Waals surface area contributed by atoms with Gasteiger partial charge in [-0.05, 0) is 25.5 Å². The van der Waals surface area contributed by atoms with Gasteiger partial charge in [0.25, 0.3) is 0 Å². The number of ether oxygens (including phenoxy) is 1. The Balaban J connectivity index is 1.35. The molecule has 0 fully saturated rings. The second kappa shape index (κ2) is 9.04. The lowest BCUT2D eigenvalue weighted by Crippen LogP contribution is -2.47. The van der Waals surface area contributed by atoms with E-state index in [-0.39, 0.29) is 6.04 Å². The van der Waals surface area contributed by atoms with Gasteiger partial charge in [-0.2, -0.15) is 5.10 Å². The maximum atomic E-state index is 5.14. The molecule has 0 saturated heterocycles. The van der Waals surface area contributed by atoms with Crippen LogP contribution in [0.4, 0.5) is 0 Å². The summed E-state index contributed by atoms with van der Waals surface area (Å²) in [5, 5.41) is 11.4. The molecule has 29 heavy (non-hydrogen) atoms. The lowest BCUT2D eigenvalue weighted by molar-refractivity contribution is 0.177. The SMILES string of the molecule is CCNC(=NCCc1cn2ccccc2n1)NC1CCc2nc(COC)nn2C1. The van der Waals surface area contributed by atoms with Crippen LogP contribution < -0.4 is 10.6 Å². The maximum Gasteiger partial charge on any atom is 0.191 e. The van der Waals surface area contributed by atoms with Crippen molar-refractivity contribution in [2.75, 3.05) is 20.2 Å². The molecular weight excluding hydrogens is 368 g/mol. The van der Waals surface area contributed by atoms with E-state index in [1.165, 1.54) is 0 Å². The van der Waals surface area contributed by atoms with Crippen LogP contribution in [0.5, 0.6) is 0 Å². The van der Waals surface area contributed by atoms with Gasteiger partial charge in [0, 0.05) is 51.5 Å². The second-order valence-electron chi connectivity index (χ2n) is 7.15. The summed E-state index contributed by atoms with van der Waals surface area (Å²) in [6.45, 7) is 4.80. The number of nitrogens with zero attached hydrogens (tertiary/aromatic N) is 6. The molecule has 4 rings (SSSR count). The number of pyridine rings is 1. The molecule has 1 aliphatic heterocycles. The Morgan fingerprint density at radius 3 is 3.10 bits per heavy atom. The van der Waals surface area contributed by atoms with E-state index in [2.05, 4.69) is 38.8 Å². The summed E-state index contributed by atoms with van der Waals surface area (Å²) in [4.78, 5) is 13.9. The third-order valence-electron chi connectivity index (χ3n) is 4.91. The first kappa shape index (κ1) is 19.4. The monoisotopic (exact) mass is 396 g/mol. The van der Waals surface area contributed by atoms with E-state index in [1.807, 2.05) is 33.5 Å². The number of hydrogen-bond donors (Lipinski definition) is 2. The van der Waals surface area contributed by atoms with Crippen molar-refractivity contribution >= 4 is 11.6 Å². The van der Waals surface area contributed by atoms with E-state index >= 15 is 0 Å². The smallest absolute Gasteiger partial charge is 0.191 e. The molecule has 9 heteroatoms. The average Bonchev–Trinajstić information content (AvgIpc) is 3.31. The molecule has 9 nitrogen and oxygen atoms in total. The van der Waals surface area contributed by atoms with Gasteiger partial charge < -0.3 is 19.8 Å². The zero-order chi connectivity index (χ0) is 20.1. The molecule has 2 N–H and O–H groups in total. The number of imidazole rings is 1. The van der Waals surface area contributed by atoms with Gasteiger partial charge in [0.05, 0.1) is 12.2 Å². The molecule has 0 radical (unpaired) electrons. The lowest BCUT2D eigenvalue weighted by atomic mass is 10.1. The number of aliphatic imine (C=N–C) groups is 1. The molecule has 3 aromatic heterocycles. The zero-order valence-electron chi connectivity index (χ0n) is 17.0. The maximum absolute atomic E-state index is 5.14. The molecule has 0 amide bonds. The molecule has 3 aromatic rings. The highest BCUT2D eigenvalue weighted by Crippen LogP contribution is 2.13. The van der Waals surface area contributed by atoms with Gasteiger partial charge in [-0.3, -0.25) is 4.99 Å². The van der Waals surface area contributed by atoms with Gasteiger partial charge in [0.15, 0.2) is 11.8 Å². The van der Waals surface area contributed by atoms with Crippen LogP contribution in [0.3, 0.4) is 0 Å². The summed E-state index contributed by atoms with van der Waals surface area (Å²) in [5.74, 6) is 2.61. The van der Waals surface area contributed by atoms with Crippen molar-refractivity contribution in [2.45, 2.75) is 45.4 Å². The number of hydrogen-bond acceptors (Lipinski definition) is 5. The van der Waals surface area contributed by atoms with Gasteiger partial charge in [-0.1, -0.05) is 6.07 Å². The van der Waals surface area contributed by atoms with E-state index < -0.39 is 0 Å². The first-order chi connectivity index (χ1) is 14.2. The molecule has 1 aliphatic rings. The summed E-state index contributed by atoms with van der Waals surface area (Å²) >= 11 is 0. The predicted molar refractivity (Wildman–Crippen MR) is 111 cm³/mol. The summed E-state index contributed by atoms with van der Waals surface area (Å²) in [6.07, 6.45) is 6.78. The molecule has 0 spiro atoms. The number of nitrogens with one attached hydrogen (secondary N) is 2. The summed E-state index contributed by atoms with van der Waals surface area (Å²) in [5.41, 5.74) is 2.02. The molecular formula is C20H28N8O. The number of fused-ring (bicyclic) bond motifs is 2. The van der Waals surface area contributed by atoms with E-state index in [0.717, 1.165) is 61.3 Å². The van der Waals surface area contributed by atoms with Crippen LogP contribution in [0, 0.1) is 0 Å². The first-order valence-corrected chi connectivity index (χ1v) is 10.1. The lowest BCUT2D eigenvalue weighted by Gasteiger charge is -2.25. The fourth-order valence-corrected chi connectivity index (χ4v) is 3.57. The quantitative estimate of drug-likeness (QED) is 0.460. The molecule has 0 aliphatic carbocycles. The fourth-order valence-electron chi connectivity index (χ4n) is 3.57. The number of methoxy groups -OCH3 is 1.